The van der Waals surface area contributed by atoms with Crippen LogP contribution in [-0.4, -0.2) is 70.8 Å². The summed E-state index contributed by atoms with van der Waals surface area (Å²) in [5.41, 5.74) is -0.0152. The zero-order valence-corrected chi connectivity index (χ0v) is 19.8. The molecule has 9 heteroatoms. The number of urea groups is 1. The number of amides is 4. The van der Waals surface area contributed by atoms with Crippen molar-refractivity contribution >= 4 is 29.2 Å². The van der Waals surface area contributed by atoms with E-state index in [4.69, 9.17) is 0 Å². The first-order chi connectivity index (χ1) is 15.8. The van der Waals surface area contributed by atoms with Crippen molar-refractivity contribution in [2.45, 2.75) is 38.8 Å². The molecule has 2 saturated heterocycles. The van der Waals surface area contributed by atoms with Gasteiger partial charge in [0.1, 0.15) is 17.9 Å². The molecule has 1 N–H and O–H groups in total. The molecule has 1 aromatic carbocycles. The third kappa shape index (κ3) is 4.79. The lowest BCUT2D eigenvalue weighted by atomic mass is 9.93. The van der Waals surface area contributed by atoms with Crippen molar-refractivity contribution in [1.82, 2.24) is 20.0 Å². The van der Waals surface area contributed by atoms with E-state index in [0.717, 1.165) is 21.9 Å². The molecule has 4 rings (SSSR count). The maximum absolute atomic E-state index is 13.5. The van der Waals surface area contributed by atoms with Crippen LogP contribution in [0.2, 0.25) is 0 Å². The molecule has 7 nitrogen and oxygen atoms in total. The zero-order chi connectivity index (χ0) is 23.6. The van der Waals surface area contributed by atoms with Crippen LogP contribution in [0.1, 0.15) is 31.6 Å². The molecular formula is C24H29FN4O3S. The summed E-state index contributed by atoms with van der Waals surface area (Å²) >= 11 is 1.64. The van der Waals surface area contributed by atoms with Crippen molar-refractivity contribution in [3.05, 3.63) is 47.1 Å². The van der Waals surface area contributed by atoms with Gasteiger partial charge in [-0.05, 0) is 42.7 Å². The van der Waals surface area contributed by atoms with Crippen LogP contribution in [-0.2, 0) is 16.1 Å². The molecule has 2 aliphatic rings. The summed E-state index contributed by atoms with van der Waals surface area (Å²) in [7, 11) is 0. The van der Waals surface area contributed by atoms with Crippen LogP contribution < -0.4 is 5.32 Å². The highest BCUT2D eigenvalue weighted by molar-refractivity contribution is 7.15. The number of nitrogens with one attached hydrogen (secondary N) is 1. The summed E-state index contributed by atoms with van der Waals surface area (Å²) < 4.78 is 13.5. The van der Waals surface area contributed by atoms with Gasteiger partial charge in [0.05, 0.1) is 0 Å². The van der Waals surface area contributed by atoms with Crippen LogP contribution in [0.15, 0.2) is 36.4 Å². The quantitative estimate of drug-likeness (QED) is 0.628. The number of carbonyl (C=O) groups is 3. The van der Waals surface area contributed by atoms with Gasteiger partial charge in [-0.15, -0.1) is 11.3 Å². The summed E-state index contributed by atoms with van der Waals surface area (Å²) in [5.74, 6) is -0.756. The Morgan fingerprint density at radius 2 is 1.82 bits per heavy atom. The van der Waals surface area contributed by atoms with Crippen molar-refractivity contribution in [2.75, 3.05) is 32.7 Å². The molecule has 0 aliphatic carbocycles. The van der Waals surface area contributed by atoms with Crippen LogP contribution in [0, 0.1) is 5.82 Å². The van der Waals surface area contributed by atoms with Gasteiger partial charge in [-0.2, -0.15) is 0 Å². The normalized spacial score (nSPS) is 18.6. The molecule has 2 aromatic rings. The van der Waals surface area contributed by atoms with E-state index in [1.54, 1.807) is 22.3 Å². The smallest absolute Gasteiger partial charge is 0.325 e. The topological polar surface area (TPSA) is 73.0 Å². The third-order valence-corrected chi connectivity index (χ3v) is 7.74. The highest BCUT2D eigenvalue weighted by atomic mass is 32.1. The van der Waals surface area contributed by atoms with Gasteiger partial charge in [-0.25, -0.2) is 9.18 Å². The summed E-state index contributed by atoms with van der Waals surface area (Å²) in [6.07, 6.45) is 1.00. The SMILES string of the molecule is CCC1(CC)NC(=O)N(CC(=O)N2CCN(Cc3ccc(-c4cccc(F)c4)s3)CC2)C1=O. The van der Waals surface area contributed by atoms with E-state index in [1.165, 1.54) is 17.0 Å². The predicted octanol–water partition coefficient (Wildman–Crippen LogP) is 3.31. The fourth-order valence-electron chi connectivity index (χ4n) is 4.42. The van der Waals surface area contributed by atoms with Crippen molar-refractivity contribution in [2.24, 2.45) is 0 Å². The fraction of sp³-hybridized carbons (Fsp3) is 0.458. The summed E-state index contributed by atoms with van der Waals surface area (Å²) in [6.45, 7) is 6.81. The predicted molar refractivity (Wildman–Crippen MR) is 125 cm³/mol. The molecule has 0 saturated carbocycles. The van der Waals surface area contributed by atoms with E-state index < -0.39 is 11.6 Å². The Morgan fingerprint density at radius 1 is 1.09 bits per heavy atom. The number of thiophene rings is 1. The summed E-state index contributed by atoms with van der Waals surface area (Å²) in [4.78, 5) is 45.1. The van der Waals surface area contributed by atoms with Crippen molar-refractivity contribution in [1.29, 1.82) is 0 Å². The molecule has 33 heavy (non-hydrogen) atoms. The number of imide groups is 1. The molecule has 1 aromatic heterocycles. The Hall–Kier alpha value is -2.78. The highest BCUT2D eigenvalue weighted by Crippen LogP contribution is 2.29. The molecule has 176 valence electrons. The van der Waals surface area contributed by atoms with Crippen LogP contribution in [0.3, 0.4) is 0 Å². The highest BCUT2D eigenvalue weighted by Gasteiger charge is 2.49. The third-order valence-electron chi connectivity index (χ3n) is 6.62. The fourth-order valence-corrected chi connectivity index (χ4v) is 5.47. The maximum Gasteiger partial charge on any atom is 0.325 e. The average Bonchev–Trinajstić information content (AvgIpc) is 3.38. The average molecular weight is 473 g/mol. The van der Waals surface area contributed by atoms with Gasteiger partial charge in [-0.1, -0.05) is 26.0 Å². The van der Waals surface area contributed by atoms with Crippen LogP contribution in [0.4, 0.5) is 9.18 Å². The van der Waals surface area contributed by atoms with Crippen molar-refractivity contribution in [3.63, 3.8) is 0 Å². The van der Waals surface area contributed by atoms with Crippen LogP contribution in [0.25, 0.3) is 10.4 Å². The van der Waals surface area contributed by atoms with Crippen molar-refractivity contribution in [3.8, 4) is 10.4 Å². The Bertz CT molecular complexity index is 1040. The number of benzene rings is 1. The van der Waals surface area contributed by atoms with Crippen molar-refractivity contribution < 1.29 is 18.8 Å². The van der Waals surface area contributed by atoms with Gasteiger partial charge in [-0.3, -0.25) is 19.4 Å². The number of nitrogens with zero attached hydrogens (tertiary/aromatic N) is 3. The van der Waals surface area contributed by atoms with E-state index in [1.807, 2.05) is 26.0 Å². The molecule has 0 spiro atoms. The van der Waals surface area contributed by atoms with Gasteiger partial charge in [0.2, 0.25) is 5.91 Å². The van der Waals surface area contributed by atoms with Gasteiger partial charge in [0.25, 0.3) is 5.91 Å². The lowest BCUT2D eigenvalue weighted by Gasteiger charge is -2.35. The molecule has 3 heterocycles. The van der Waals surface area contributed by atoms with E-state index in [2.05, 4.69) is 16.3 Å². The van der Waals surface area contributed by atoms with Gasteiger partial charge < -0.3 is 10.2 Å². The van der Waals surface area contributed by atoms with Crippen LogP contribution >= 0.6 is 11.3 Å². The first kappa shape index (κ1) is 23.4. The van der Waals surface area contributed by atoms with E-state index in [9.17, 15) is 18.8 Å². The van der Waals surface area contributed by atoms with Gasteiger partial charge in [0.15, 0.2) is 0 Å². The Balaban J connectivity index is 1.29. The van der Waals surface area contributed by atoms with Gasteiger partial charge >= 0.3 is 6.03 Å². The number of piperazine rings is 1. The van der Waals surface area contributed by atoms with E-state index in [-0.39, 0.29) is 24.2 Å². The van der Waals surface area contributed by atoms with Crippen LogP contribution in [0.5, 0.6) is 0 Å². The first-order valence-corrected chi connectivity index (χ1v) is 12.2. The summed E-state index contributed by atoms with van der Waals surface area (Å²) in [6, 6.07) is 10.2. The largest absolute Gasteiger partial charge is 0.339 e. The molecule has 0 bridgehead atoms. The molecule has 0 unspecified atom stereocenters. The molecule has 0 atom stereocenters. The van der Waals surface area contributed by atoms with Gasteiger partial charge in [0, 0.05) is 42.5 Å². The number of halogens is 1. The van der Waals surface area contributed by atoms with E-state index >= 15 is 0 Å². The number of hydrogen-bond donors (Lipinski definition) is 1. The standard InChI is InChI=1S/C24H29FN4O3S/c1-3-24(4-2)22(31)29(23(32)26-24)16-21(30)28-12-10-27(11-13-28)15-19-8-9-20(33-19)17-6-5-7-18(25)14-17/h5-9,14H,3-4,10-13,15-16H2,1-2H3,(H,26,32). The lowest BCUT2D eigenvalue weighted by molar-refractivity contribution is -0.140. The second kappa shape index (κ2) is 9.61. The van der Waals surface area contributed by atoms with E-state index in [0.29, 0.717) is 39.0 Å². The maximum atomic E-state index is 13.5. The molecular weight excluding hydrogens is 443 g/mol. The number of carbonyl (C=O) groups excluding carboxylic acids is 3. The second-order valence-corrected chi connectivity index (χ2v) is 9.71. The Labute approximate surface area is 197 Å². The Morgan fingerprint density at radius 3 is 2.45 bits per heavy atom. The molecule has 4 amide bonds. The molecule has 2 aliphatic heterocycles. The monoisotopic (exact) mass is 472 g/mol. The zero-order valence-electron chi connectivity index (χ0n) is 19.0. The minimum atomic E-state index is -0.888. The second-order valence-electron chi connectivity index (χ2n) is 8.54. The minimum absolute atomic E-state index is 0.203. The minimum Gasteiger partial charge on any atom is -0.339 e. The molecule has 2 fully saturated rings. The summed E-state index contributed by atoms with van der Waals surface area (Å²) in [5, 5.41) is 2.76. The number of rotatable bonds is 7. The molecule has 0 radical (unpaired) electrons. The number of hydrogen-bond acceptors (Lipinski definition) is 5. The first-order valence-electron chi connectivity index (χ1n) is 11.3. The Kier molecular flexibility index (Phi) is 6.81. The lowest BCUT2D eigenvalue weighted by Crippen LogP contribution is -2.52.